The van der Waals surface area contributed by atoms with Crippen molar-refractivity contribution >= 4 is 32.5 Å². The molecule has 0 unspecified atom stereocenters. The SMILES string of the molecule is CCN(CC)S(=O)(=O)c1ccc(CNC(=O)N2CCN(c3nccs3)CC2)cc1. The lowest BCUT2D eigenvalue weighted by Crippen LogP contribution is -2.51. The fourth-order valence-electron chi connectivity index (χ4n) is 3.25. The molecule has 0 saturated carbocycles. The number of rotatable bonds is 7. The van der Waals surface area contributed by atoms with Gasteiger partial charge in [-0.15, -0.1) is 11.3 Å². The molecule has 1 aromatic heterocycles. The predicted octanol–water partition coefficient (Wildman–Crippen LogP) is 2.21. The standard InChI is InChI=1S/C19H27N5O3S2/c1-3-24(4-2)29(26,27)17-7-5-16(6-8-17)15-21-18(25)22-10-12-23(13-11-22)19-20-9-14-28-19/h5-9,14H,3-4,10-13,15H2,1-2H3,(H,21,25). The van der Waals surface area contributed by atoms with Crippen molar-refractivity contribution in [2.45, 2.75) is 25.3 Å². The zero-order valence-electron chi connectivity index (χ0n) is 16.7. The molecule has 1 fully saturated rings. The van der Waals surface area contributed by atoms with E-state index < -0.39 is 10.0 Å². The Balaban J connectivity index is 1.51. The van der Waals surface area contributed by atoms with Gasteiger partial charge in [-0.05, 0) is 17.7 Å². The summed E-state index contributed by atoms with van der Waals surface area (Å²) in [6.07, 6.45) is 1.79. The van der Waals surface area contributed by atoms with Crippen molar-refractivity contribution in [1.29, 1.82) is 0 Å². The quantitative estimate of drug-likeness (QED) is 0.718. The van der Waals surface area contributed by atoms with Gasteiger partial charge in [-0.25, -0.2) is 18.2 Å². The summed E-state index contributed by atoms with van der Waals surface area (Å²) >= 11 is 1.60. The number of urea groups is 1. The maximum atomic E-state index is 12.5. The Morgan fingerprint density at radius 2 is 1.79 bits per heavy atom. The van der Waals surface area contributed by atoms with E-state index in [-0.39, 0.29) is 10.9 Å². The van der Waals surface area contributed by atoms with Crippen LogP contribution in [0.5, 0.6) is 0 Å². The molecule has 10 heteroatoms. The average molecular weight is 438 g/mol. The smallest absolute Gasteiger partial charge is 0.317 e. The van der Waals surface area contributed by atoms with Crippen LogP contribution in [-0.2, 0) is 16.6 Å². The molecule has 158 valence electrons. The highest BCUT2D eigenvalue weighted by molar-refractivity contribution is 7.89. The minimum atomic E-state index is -3.46. The number of aromatic nitrogens is 1. The van der Waals surface area contributed by atoms with Crippen molar-refractivity contribution in [3.05, 3.63) is 41.4 Å². The van der Waals surface area contributed by atoms with Gasteiger partial charge in [0.1, 0.15) is 0 Å². The second kappa shape index (κ2) is 9.55. The number of sulfonamides is 1. The van der Waals surface area contributed by atoms with E-state index in [1.165, 1.54) is 4.31 Å². The zero-order valence-corrected chi connectivity index (χ0v) is 18.4. The van der Waals surface area contributed by atoms with Crippen LogP contribution < -0.4 is 10.2 Å². The summed E-state index contributed by atoms with van der Waals surface area (Å²) in [5.74, 6) is 0. The number of benzene rings is 1. The van der Waals surface area contributed by atoms with Gasteiger partial charge in [0.05, 0.1) is 4.90 Å². The first-order chi connectivity index (χ1) is 14.0. The van der Waals surface area contributed by atoms with Gasteiger partial charge < -0.3 is 15.1 Å². The normalized spacial score (nSPS) is 15.0. The predicted molar refractivity (Wildman–Crippen MR) is 115 cm³/mol. The maximum absolute atomic E-state index is 12.5. The van der Waals surface area contributed by atoms with Crippen LogP contribution in [-0.4, -0.2) is 67.9 Å². The average Bonchev–Trinajstić information content (AvgIpc) is 3.28. The lowest BCUT2D eigenvalue weighted by Gasteiger charge is -2.34. The maximum Gasteiger partial charge on any atom is 0.317 e. The number of thiazole rings is 1. The van der Waals surface area contributed by atoms with Crippen LogP contribution >= 0.6 is 11.3 Å². The summed E-state index contributed by atoms with van der Waals surface area (Å²) in [4.78, 5) is 21.0. The molecule has 1 aliphatic heterocycles. The molecule has 1 aliphatic rings. The van der Waals surface area contributed by atoms with E-state index in [0.29, 0.717) is 32.7 Å². The first-order valence-electron chi connectivity index (χ1n) is 9.72. The first kappa shape index (κ1) is 21.5. The summed E-state index contributed by atoms with van der Waals surface area (Å²) < 4.78 is 26.5. The first-order valence-corrected chi connectivity index (χ1v) is 12.0. The van der Waals surface area contributed by atoms with Crippen LogP contribution in [0.25, 0.3) is 0 Å². The molecule has 8 nitrogen and oxygen atoms in total. The van der Waals surface area contributed by atoms with Crippen LogP contribution in [0, 0.1) is 0 Å². The Kier molecular flexibility index (Phi) is 7.09. The van der Waals surface area contributed by atoms with Gasteiger partial charge in [0.2, 0.25) is 10.0 Å². The number of anilines is 1. The summed E-state index contributed by atoms with van der Waals surface area (Å²) in [7, 11) is -3.46. The molecular formula is C19H27N5O3S2. The Morgan fingerprint density at radius 1 is 1.14 bits per heavy atom. The molecule has 0 spiro atoms. The Bertz CT molecular complexity index is 888. The number of carbonyl (C=O) groups excluding carboxylic acids is 1. The van der Waals surface area contributed by atoms with Crippen LogP contribution in [0.1, 0.15) is 19.4 Å². The van der Waals surface area contributed by atoms with Crippen molar-refractivity contribution in [3.63, 3.8) is 0 Å². The lowest BCUT2D eigenvalue weighted by atomic mass is 10.2. The van der Waals surface area contributed by atoms with E-state index in [1.807, 2.05) is 19.2 Å². The molecule has 3 rings (SSSR count). The number of nitrogens with zero attached hydrogens (tertiary/aromatic N) is 4. The largest absolute Gasteiger partial charge is 0.345 e. The van der Waals surface area contributed by atoms with Crippen LogP contribution in [0.15, 0.2) is 40.7 Å². The summed E-state index contributed by atoms with van der Waals surface area (Å²) in [6.45, 7) is 7.69. The summed E-state index contributed by atoms with van der Waals surface area (Å²) in [5, 5.41) is 5.86. The third-order valence-electron chi connectivity index (χ3n) is 4.97. The van der Waals surface area contributed by atoms with Gasteiger partial charge in [0.25, 0.3) is 0 Å². The summed E-state index contributed by atoms with van der Waals surface area (Å²) in [5.41, 5.74) is 0.860. The van der Waals surface area contributed by atoms with Crippen molar-refractivity contribution < 1.29 is 13.2 Å². The lowest BCUT2D eigenvalue weighted by molar-refractivity contribution is 0.194. The van der Waals surface area contributed by atoms with E-state index >= 15 is 0 Å². The van der Waals surface area contributed by atoms with Gasteiger partial charge in [-0.2, -0.15) is 4.31 Å². The molecule has 0 bridgehead atoms. The number of nitrogens with one attached hydrogen (secondary N) is 1. The fraction of sp³-hybridized carbons (Fsp3) is 0.474. The van der Waals surface area contributed by atoms with E-state index in [4.69, 9.17) is 0 Å². The highest BCUT2D eigenvalue weighted by Gasteiger charge is 2.23. The Hall–Kier alpha value is -2.17. The molecule has 1 saturated heterocycles. The molecule has 0 aliphatic carbocycles. The molecule has 2 heterocycles. The molecule has 0 radical (unpaired) electrons. The van der Waals surface area contributed by atoms with Crippen molar-refractivity contribution in [3.8, 4) is 0 Å². The van der Waals surface area contributed by atoms with E-state index in [1.54, 1.807) is 46.7 Å². The van der Waals surface area contributed by atoms with Gasteiger partial charge in [0.15, 0.2) is 5.13 Å². The fourth-order valence-corrected chi connectivity index (χ4v) is 5.41. The van der Waals surface area contributed by atoms with Gasteiger partial charge >= 0.3 is 6.03 Å². The van der Waals surface area contributed by atoms with Crippen molar-refractivity contribution in [2.24, 2.45) is 0 Å². The van der Waals surface area contributed by atoms with Crippen LogP contribution in [0.2, 0.25) is 0 Å². The monoisotopic (exact) mass is 437 g/mol. The number of hydrogen-bond donors (Lipinski definition) is 1. The van der Waals surface area contributed by atoms with Gasteiger partial charge in [-0.1, -0.05) is 26.0 Å². The highest BCUT2D eigenvalue weighted by atomic mass is 32.2. The van der Waals surface area contributed by atoms with E-state index in [0.717, 1.165) is 23.8 Å². The molecule has 1 aromatic carbocycles. The second-order valence-electron chi connectivity index (χ2n) is 6.68. The number of piperazine rings is 1. The molecule has 2 aromatic rings. The summed E-state index contributed by atoms with van der Waals surface area (Å²) in [6, 6.07) is 6.58. The molecule has 2 amide bonds. The van der Waals surface area contributed by atoms with Crippen molar-refractivity contribution in [2.75, 3.05) is 44.2 Å². The minimum absolute atomic E-state index is 0.108. The number of carbonyl (C=O) groups is 1. The highest BCUT2D eigenvalue weighted by Crippen LogP contribution is 2.19. The van der Waals surface area contributed by atoms with E-state index in [2.05, 4.69) is 15.2 Å². The van der Waals surface area contributed by atoms with Crippen molar-refractivity contribution in [1.82, 2.24) is 19.5 Å². The Labute approximate surface area is 176 Å². The topological polar surface area (TPSA) is 85.8 Å². The number of amides is 2. The van der Waals surface area contributed by atoms with Crippen LogP contribution in [0.3, 0.4) is 0 Å². The minimum Gasteiger partial charge on any atom is -0.345 e. The third-order valence-corrected chi connectivity index (χ3v) is 7.86. The zero-order chi connectivity index (χ0) is 20.9. The van der Waals surface area contributed by atoms with E-state index in [9.17, 15) is 13.2 Å². The third kappa shape index (κ3) is 5.06. The Morgan fingerprint density at radius 3 is 2.34 bits per heavy atom. The molecule has 29 heavy (non-hydrogen) atoms. The van der Waals surface area contributed by atoms with Gasteiger partial charge in [-0.3, -0.25) is 0 Å². The van der Waals surface area contributed by atoms with Gasteiger partial charge in [0, 0.05) is 57.4 Å². The number of hydrogen-bond acceptors (Lipinski definition) is 6. The molecule has 1 N–H and O–H groups in total. The molecule has 0 atom stereocenters. The second-order valence-corrected chi connectivity index (χ2v) is 9.49. The molecular weight excluding hydrogens is 410 g/mol. The van der Waals surface area contributed by atoms with Crippen LogP contribution in [0.4, 0.5) is 9.93 Å².